The number of imide groups is 1. The Kier molecular flexibility index (Phi) is 6.11. The lowest BCUT2D eigenvalue weighted by molar-refractivity contribution is -0.142. The minimum atomic E-state index is -1.10. The van der Waals surface area contributed by atoms with Crippen LogP contribution in [-0.4, -0.2) is 34.6 Å². The highest BCUT2D eigenvalue weighted by Crippen LogP contribution is 2.24. The van der Waals surface area contributed by atoms with Crippen LogP contribution < -0.4 is 5.32 Å². The van der Waals surface area contributed by atoms with Crippen LogP contribution in [0.1, 0.15) is 47.1 Å². The Morgan fingerprint density at radius 3 is 2.00 bits per heavy atom. The van der Waals surface area contributed by atoms with E-state index in [0.29, 0.717) is 5.57 Å². The average Bonchev–Trinajstić information content (AvgIpc) is 3.00. The third-order valence-electron chi connectivity index (χ3n) is 4.76. The van der Waals surface area contributed by atoms with Gasteiger partial charge in [-0.3, -0.25) is 19.3 Å². The highest BCUT2D eigenvalue weighted by molar-refractivity contribution is 6.22. The van der Waals surface area contributed by atoms with Crippen LogP contribution in [0.4, 0.5) is 0 Å². The molecule has 1 heterocycles. The van der Waals surface area contributed by atoms with Gasteiger partial charge in [0, 0.05) is 0 Å². The molecular formula is C23H22N2O5. The Bertz CT molecular complexity index is 1000. The number of nitrogens with zero attached hydrogens (tertiary/aromatic N) is 1. The van der Waals surface area contributed by atoms with Crippen molar-refractivity contribution < 1.29 is 23.9 Å². The van der Waals surface area contributed by atoms with E-state index in [-0.39, 0.29) is 23.4 Å². The molecule has 0 saturated heterocycles. The summed E-state index contributed by atoms with van der Waals surface area (Å²) in [6, 6.07) is 14.4. The summed E-state index contributed by atoms with van der Waals surface area (Å²) in [5.74, 6) is -2.42. The Balaban J connectivity index is 1.70. The predicted molar refractivity (Wildman–Crippen MR) is 109 cm³/mol. The van der Waals surface area contributed by atoms with Crippen LogP contribution in [0.25, 0.3) is 0 Å². The summed E-state index contributed by atoms with van der Waals surface area (Å²) in [6.07, 6.45) is 0. The molecule has 3 amide bonds. The minimum Gasteiger partial charge on any atom is -0.456 e. The van der Waals surface area contributed by atoms with Gasteiger partial charge in [-0.05, 0) is 44.0 Å². The molecule has 0 fully saturated rings. The summed E-state index contributed by atoms with van der Waals surface area (Å²) in [6.45, 7) is 4.81. The van der Waals surface area contributed by atoms with Crippen molar-refractivity contribution in [2.75, 3.05) is 0 Å². The Labute approximate surface area is 174 Å². The molecule has 0 aliphatic carbocycles. The van der Waals surface area contributed by atoms with Gasteiger partial charge in [-0.2, -0.15) is 0 Å². The number of amides is 3. The van der Waals surface area contributed by atoms with E-state index in [1.54, 1.807) is 38.1 Å². The summed E-state index contributed by atoms with van der Waals surface area (Å²) >= 11 is 0. The highest BCUT2D eigenvalue weighted by atomic mass is 16.5. The van der Waals surface area contributed by atoms with Crippen LogP contribution in [0.2, 0.25) is 0 Å². The summed E-state index contributed by atoms with van der Waals surface area (Å²) in [5.41, 5.74) is 1.85. The SMILES string of the molecule is CC(C)=C(NC(=O)[C@H](C)N1C(=O)c2ccccc2C1=O)C(=O)OCc1ccccc1. The molecule has 0 saturated carbocycles. The molecule has 0 aromatic heterocycles. The van der Waals surface area contributed by atoms with Gasteiger partial charge in [-0.1, -0.05) is 42.5 Å². The van der Waals surface area contributed by atoms with E-state index in [1.165, 1.54) is 6.92 Å². The van der Waals surface area contributed by atoms with Crippen LogP contribution in [-0.2, 0) is 20.9 Å². The van der Waals surface area contributed by atoms with Crippen molar-refractivity contribution >= 4 is 23.7 Å². The maximum absolute atomic E-state index is 12.8. The standard InChI is InChI=1S/C23H22N2O5/c1-14(2)19(23(29)30-13-16-9-5-4-6-10-16)24-20(26)15(3)25-21(27)17-11-7-8-12-18(17)22(25)28/h4-12,15H,13H2,1-3H3,(H,24,26)/t15-/m0/s1. The fourth-order valence-corrected chi connectivity index (χ4v) is 3.08. The molecule has 2 aromatic rings. The molecule has 0 radical (unpaired) electrons. The zero-order valence-corrected chi connectivity index (χ0v) is 17.0. The van der Waals surface area contributed by atoms with E-state index in [0.717, 1.165) is 10.5 Å². The number of rotatable bonds is 6. The van der Waals surface area contributed by atoms with Crippen LogP contribution in [0.15, 0.2) is 65.9 Å². The normalized spacial score (nSPS) is 13.5. The maximum Gasteiger partial charge on any atom is 0.355 e. The maximum atomic E-state index is 12.8. The molecule has 7 nitrogen and oxygen atoms in total. The van der Waals surface area contributed by atoms with Gasteiger partial charge in [-0.15, -0.1) is 0 Å². The van der Waals surface area contributed by atoms with Gasteiger partial charge in [0.2, 0.25) is 5.91 Å². The van der Waals surface area contributed by atoms with E-state index in [1.807, 2.05) is 30.3 Å². The third kappa shape index (κ3) is 4.15. The van der Waals surface area contributed by atoms with Crippen LogP contribution in [0, 0.1) is 0 Å². The molecule has 1 atom stereocenters. The van der Waals surface area contributed by atoms with Gasteiger partial charge >= 0.3 is 5.97 Å². The number of ether oxygens (including phenoxy) is 1. The minimum absolute atomic E-state index is 0.0145. The zero-order chi connectivity index (χ0) is 21.8. The molecule has 0 bridgehead atoms. The zero-order valence-electron chi connectivity index (χ0n) is 17.0. The average molecular weight is 406 g/mol. The van der Waals surface area contributed by atoms with E-state index >= 15 is 0 Å². The monoisotopic (exact) mass is 406 g/mol. The molecule has 2 aromatic carbocycles. The molecule has 30 heavy (non-hydrogen) atoms. The number of carbonyl (C=O) groups is 4. The largest absolute Gasteiger partial charge is 0.456 e. The van der Waals surface area contributed by atoms with Crippen molar-refractivity contribution in [3.05, 3.63) is 82.6 Å². The van der Waals surface area contributed by atoms with Crippen molar-refractivity contribution in [3.63, 3.8) is 0 Å². The van der Waals surface area contributed by atoms with Crippen LogP contribution >= 0.6 is 0 Å². The smallest absolute Gasteiger partial charge is 0.355 e. The van der Waals surface area contributed by atoms with Crippen LogP contribution in [0.5, 0.6) is 0 Å². The second kappa shape index (κ2) is 8.73. The van der Waals surface area contributed by atoms with Gasteiger partial charge in [0.1, 0.15) is 18.3 Å². The summed E-state index contributed by atoms with van der Waals surface area (Å²) in [7, 11) is 0. The first-order chi connectivity index (χ1) is 14.3. The molecule has 3 rings (SSSR count). The van der Waals surface area contributed by atoms with E-state index in [2.05, 4.69) is 5.32 Å². The Morgan fingerprint density at radius 1 is 0.933 bits per heavy atom. The number of nitrogens with one attached hydrogen (secondary N) is 1. The predicted octanol–water partition coefficient (Wildman–Crippen LogP) is 2.82. The van der Waals surface area contributed by atoms with E-state index < -0.39 is 29.7 Å². The quantitative estimate of drug-likeness (QED) is 0.452. The van der Waals surface area contributed by atoms with Crippen molar-refractivity contribution in [2.45, 2.75) is 33.4 Å². The number of carbonyl (C=O) groups excluding carboxylic acids is 4. The molecule has 1 aliphatic rings. The second-order valence-corrected chi connectivity index (χ2v) is 7.13. The van der Waals surface area contributed by atoms with E-state index in [4.69, 9.17) is 4.74 Å². The highest BCUT2D eigenvalue weighted by Gasteiger charge is 2.41. The first-order valence-electron chi connectivity index (χ1n) is 9.47. The van der Waals surface area contributed by atoms with Gasteiger partial charge in [0.25, 0.3) is 11.8 Å². The Morgan fingerprint density at radius 2 is 1.47 bits per heavy atom. The molecule has 0 unspecified atom stereocenters. The number of esters is 1. The van der Waals surface area contributed by atoms with Crippen molar-refractivity contribution in [1.82, 2.24) is 10.2 Å². The fourth-order valence-electron chi connectivity index (χ4n) is 3.08. The molecule has 154 valence electrons. The lowest BCUT2D eigenvalue weighted by atomic mass is 10.1. The number of benzene rings is 2. The van der Waals surface area contributed by atoms with Gasteiger partial charge in [-0.25, -0.2) is 4.79 Å². The summed E-state index contributed by atoms with van der Waals surface area (Å²) in [4.78, 5) is 51.3. The van der Waals surface area contributed by atoms with Crippen molar-refractivity contribution in [3.8, 4) is 0 Å². The number of allylic oxidation sites excluding steroid dienone is 1. The van der Waals surface area contributed by atoms with Gasteiger partial charge in [0.05, 0.1) is 11.1 Å². The Hall–Kier alpha value is -3.74. The molecule has 0 spiro atoms. The second-order valence-electron chi connectivity index (χ2n) is 7.13. The summed E-state index contributed by atoms with van der Waals surface area (Å²) < 4.78 is 5.29. The first-order valence-corrected chi connectivity index (χ1v) is 9.47. The number of fused-ring (bicyclic) bond motifs is 1. The van der Waals surface area contributed by atoms with Crippen LogP contribution in [0.3, 0.4) is 0 Å². The fraction of sp³-hybridized carbons (Fsp3) is 0.217. The molecule has 7 heteroatoms. The van der Waals surface area contributed by atoms with E-state index in [9.17, 15) is 19.2 Å². The summed E-state index contributed by atoms with van der Waals surface area (Å²) in [5, 5.41) is 2.52. The van der Waals surface area contributed by atoms with Crippen molar-refractivity contribution in [2.24, 2.45) is 0 Å². The lowest BCUT2D eigenvalue weighted by Gasteiger charge is -2.22. The number of hydrogen-bond donors (Lipinski definition) is 1. The molecule has 1 N–H and O–H groups in total. The van der Waals surface area contributed by atoms with Gasteiger partial charge in [0.15, 0.2) is 0 Å². The van der Waals surface area contributed by atoms with Gasteiger partial charge < -0.3 is 10.1 Å². The van der Waals surface area contributed by atoms with Crippen molar-refractivity contribution in [1.29, 1.82) is 0 Å². The molecule has 1 aliphatic heterocycles. The first kappa shape index (κ1) is 21.0. The lowest BCUT2D eigenvalue weighted by Crippen LogP contribution is -2.48. The molecular weight excluding hydrogens is 384 g/mol. The third-order valence-corrected chi connectivity index (χ3v) is 4.76. The number of hydrogen-bond acceptors (Lipinski definition) is 5. The topological polar surface area (TPSA) is 92.8 Å².